The molecule has 3 heteroatoms. The van der Waals surface area contributed by atoms with E-state index in [2.05, 4.69) is 15.9 Å². The van der Waals surface area contributed by atoms with Crippen LogP contribution in [0.4, 0.5) is 0 Å². The van der Waals surface area contributed by atoms with Crippen LogP contribution in [0.15, 0.2) is 34.1 Å². The molecule has 1 atom stereocenters. The van der Waals surface area contributed by atoms with Gasteiger partial charge >= 0.3 is 0 Å². The van der Waals surface area contributed by atoms with Crippen molar-refractivity contribution in [2.24, 2.45) is 0 Å². The molecule has 0 aliphatic heterocycles. The molecule has 0 saturated heterocycles. The maximum atomic E-state index is 10.4. The molecule has 1 aromatic carbocycles. The molecular formula is C13H13BrOS. The highest BCUT2D eigenvalue weighted by atomic mass is 79.9. The fourth-order valence-corrected chi connectivity index (χ4v) is 2.87. The summed E-state index contributed by atoms with van der Waals surface area (Å²) in [6.07, 6.45) is -0.524. The van der Waals surface area contributed by atoms with Crippen molar-refractivity contribution < 1.29 is 5.11 Å². The van der Waals surface area contributed by atoms with Crippen LogP contribution in [0.25, 0.3) is 0 Å². The van der Waals surface area contributed by atoms with Crippen molar-refractivity contribution in [1.29, 1.82) is 0 Å². The number of aryl methyl sites for hydroxylation is 2. The van der Waals surface area contributed by atoms with Gasteiger partial charge in [0.1, 0.15) is 6.10 Å². The summed E-state index contributed by atoms with van der Waals surface area (Å²) in [6, 6.07) is 7.98. The van der Waals surface area contributed by atoms with E-state index in [1.807, 2.05) is 43.5 Å². The van der Waals surface area contributed by atoms with Crippen LogP contribution in [-0.4, -0.2) is 5.11 Å². The predicted molar refractivity (Wildman–Crippen MR) is 72.0 cm³/mol. The van der Waals surface area contributed by atoms with E-state index in [0.717, 1.165) is 21.2 Å². The number of rotatable bonds is 2. The Morgan fingerprint density at radius 3 is 2.56 bits per heavy atom. The van der Waals surface area contributed by atoms with Gasteiger partial charge in [-0.3, -0.25) is 0 Å². The van der Waals surface area contributed by atoms with Gasteiger partial charge in [-0.15, -0.1) is 11.3 Å². The zero-order chi connectivity index (χ0) is 11.7. The quantitative estimate of drug-likeness (QED) is 0.880. The van der Waals surface area contributed by atoms with Crippen LogP contribution in [0.3, 0.4) is 0 Å². The number of thiophene rings is 1. The molecule has 84 valence electrons. The summed E-state index contributed by atoms with van der Waals surface area (Å²) >= 11 is 5.10. The van der Waals surface area contributed by atoms with E-state index in [1.54, 1.807) is 11.3 Å². The molecule has 1 aromatic heterocycles. The summed E-state index contributed by atoms with van der Waals surface area (Å²) in [6.45, 7) is 4.06. The van der Waals surface area contributed by atoms with Crippen molar-refractivity contribution >= 4 is 27.3 Å². The number of hydrogen-bond donors (Lipinski definition) is 1. The van der Waals surface area contributed by atoms with Crippen molar-refractivity contribution in [3.8, 4) is 0 Å². The molecule has 0 amide bonds. The maximum Gasteiger partial charge on any atom is 0.105 e. The summed E-state index contributed by atoms with van der Waals surface area (Å²) in [4.78, 5) is 1.17. The second-order valence-electron chi connectivity index (χ2n) is 3.84. The molecule has 0 aliphatic carbocycles. The Bertz CT molecular complexity index is 504. The number of hydrogen-bond acceptors (Lipinski definition) is 2. The van der Waals surface area contributed by atoms with E-state index < -0.39 is 6.10 Å². The van der Waals surface area contributed by atoms with Crippen molar-refractivity contribution in [2.75, 3.05) is 0 Å². The molecule has 1 heterocycles. The molecule has 2 aromatic rings. The average Bonchev–Trinajstić information content (AvgIpc) is 2.67. The molecule has 1 nitrogen and oxygen atoms in total. The molecule has 2 rings (SSSR count). The van der Waals surface area contributed by atoms with E-state index in [-0.39, 0.29) is 0 Å². The normalized spacial score (nSPS) is 12.8. The SMILES string of the molecule is Cc1ccc(Br)cc1C(O)c1ccsc1C. The van der Waals surface area contributed by atoms with Crippen molar-refractivity contribution in [1.82, 2.24) is 0 Å². The molecule has 1 unspecified atom stereocenters. The largest absolute Gasteiger partial charge is 0.384 e. The van der Waals surface area contributed by atoms with Gasteiger partial charge in [0.25, 0.3) is 0 Å². The van der Waals surface area contributed by atoms with Gasteiger partial charge in [0.2, 0.25) is 0 Å². The Balaban J connectivity index is 2.45. The number of halogens is 1. The average molecular weight is 297 g/mol. The van der Waals surface area contributed by atoms with Crippen LogP contribution >= 0.6 is 27.3 Å². The van der Waals surface area contributed by atoms with Gasteiger partial charge in [-0.1, -0.05) is 22.0 Å². The van der Waals surface area contributed by atoms with E-state index in [0.29, 0.717) is 0 Å². The van der Waals surface area contributed by atoms with Crippen LogP contribution in [0.2, 0.25) is 0 Å². The maximum absolute atomic E-state index is 10.4. The molecule has 0 aliphatic rings. The first kappa shape index (κ1) is 11.8. The number of aliphatic hydroxyl groups excluding tert-OH is 1. The summed E-state index contributed by atoms with van der Waals surface area (Å²) in [5.74, 6) is 0. The molecule has 0 saturated carbocycles. The minimum atomic E-state index is -0.524. The zero-order valence-electron chi connectivity index (χ0n) is 9.20. The van der Waals surface area contributed by atoms with E-state index >= 15 is 0 Å². The number of aliphatic hydroxyl groups is 1. The highest BCUT2D eigenvalue weighted by molar-refractivity contribution is 9.10. The van der Waals surface area contributed by atoms with Gasteiger partial charge in [0.05, 0.1) is 0 Å². The third-order valence-electron chi connectivity index (χ3n) is 2.73. The van der Waals surface area contributed by atoms with Gasteiger partial charge in [0.15, 0.2) is 0 Å². The Hall–Kier alpha value is -0.640. The summed E-state index contributed by atoms with van der Waals surface area (Å²) in [7, 11) is 0. The molecule has 1 N–H and O–H groups in total. The fourth-order valence-electron chi connectivity index (χ4n) is 1.75. The first-order chi connectivity index (χ1) is 7.59. The van der Waals surface area contributed by atoms with Crippen molar-refractivity contribution in [3.05, 3.63) is 55.7 Å². The highest BCUT2D eigenvalue weighted by Crippen LogP contribution is 2.31. The Labute approximate surface area is 108 Å². The van der Waals surface area contributed by atoms with Crippen LogP contribution in [0.5, 0.6) is 0 Å². The van der Waals surface area contributed by atoms with Gasteiger partial charge in [-0.05, 0) is 54.1 Å². The van der Waals surface area contributed by atoms with Crippen LogP contribution in [0, 0.1) is 13.8 Å². The number of benzene rings is 1. The predicted octanol–water partition coefficient (Wildman–Crippen LogP) is 4.21. The third kappa shape index (κ3) is 2.21. The lowest BCUT2D eigenvalue weighted by atomic mass is 9.98. The summed E-state index contributed by atoms with van der Waals surface area (Å²) in [5, 5.41) is 12.4. The van der Waals surface area contributed by atoms with Gasteiger partial charge in [-0.25, -0.2) is 0 Å². The molecule has 0 radical (unpaired) electrons. The summed E-state index contributed by atoms with van der Waals surface area (Å²) < 4.78 is 1.00. The van der Waals surface area contributed by atoms with Gasteiger partial charge in [0, 0.05) is 9.35 Å². The molecular weight excluding hydrogens is 284 g/mol. The first-order valence-electron chi connectivity index (χ1n) is 5.07. The second-order valence-corrected chi connectivity index (χ2v) is 5.87. The first-order valence-corrected chi connectivity index (χ1v) is 6.75. The third-order valence-corrected chi connectivity index (χ3v) is 4.08. The molecule has 0 spiro atoms. The lowest BCUT2D eigenvalue weighted by molar-refractivity contribution is 0.219. The Morgan fingerprint density at radius 1 is 1.19 bits per heavy atom. The van der Waals surface area contributed by atoms with Crippen LogP contribution < -0.4 is 0 Å². The minimum absolute atomic E-state index is 0.524. The molecule has 0 fully saturated rings. The van der Waals surface area contributed by atoms with E-state index in [1.165, 1.54) is 4.88 Å². The van der Waals surface area contributed by atoms with Gasteiger partial charge < -0.3 is 5.11 Å². The lowest BCUT2D eigenvalue weighted by Crippen LogP contribution is -2.02. The van der Waals surface area contributed by atoms with E-state index in [4.69, 9.17) is 0 Å². The lowest BCUT2D eigenvalue weighted by Gasteiger charge is -2.14. The van der Waals surface area contributed by atoms with Crippen LogP contribution in [-0.2, 0) is 0 Å². The van der Waals surface area contributed by atoms with E-state index in [9.17, 15) is 5.11 Å². The van der Waals surface area contributed by atoms with Gasteiger partial charge in [-0.2, -0.15) is 0 Å². The van der Waals surface area contributed by atoms with Crippen LogP contribution in [0.1, 0.15) is 27.7 Å². The zero-order valence-corrected chi connectivity index (χ0v) is 11.6. The Kier molecular flexibility index (Phi) is 3.47. The molecule has 16 heavy (non-hydrogen) atoms. The summed E-state index contributed by atoms with van der Waals surface area (Å²) in [5.41, 5.74) is 3.09. The fraction of sp³-hybridized carbons (Fsp3) is 0.231. The minimum Gasteiger partial charge on any atom is -0.384 e. The molecule has 0 bridgehead atoms. The standard InChI is InChI=1S/C13H13BrOS/c1-8-3-4-10(14)7-12(8)13(15)11-5-6-16-9(11)2/h3-7,13,15H,1-2H3. The monoisotopic (exact) mass is 296 g/mol. The Morgan fingerprint density at radius 2 is 1.94 bits per heavy atom. The van der Waals surface area contributed by atoms with Crippen molar-refractivity contribution in [3.63, 3.8) is 0 Å². The topological polar surface area (TPSA) is 20.2 Å². The highest BCUT2D eigenvalue weighted by Gasteiger charge is 2.15. The van der Waals surface area contributed by atoms with Crippen molar-refractivity contribution in [2.45, 2.75) is 20.0 Å². The second kappa shape index (κ2) is 4.70. The smallest absolute Gasteiger partial charge is 0.105 e.